The highest BCUT2D eigenvalue weighted by Gasteiger charge is 2.06. The Bertz CT molecular complexity index is 268. The van der Waals surface area contributed by atoms with Crippen LogP contribution in [0.4, 0.5) is 0 Å². The molecule has 0 amide bonds. The number of rotatable bonds is 3. The van der Waals surface area contributed by atoms with E-state index in [1.807, 2.05) is 38.1 Å². The Kier molecular flexibility index (Phi) is 2.86. The molecule has 0 saturated heterocycles. The summed E-state index contributed by atoms with van der Waals surface area (Å²) in [4.78, 5) is 10.1. The molecule has 2 heteroatoms. The average Bonchev–Trinajstić information content (AvgIpc) is 2.05. The zero-order valence-corrected chi connectivity index (χ0v) is 7.28. The van der Waals surface area contributed by atoms with Gasteiger partial charge < -0.3 is 4.74 Å². The van der Waals surface area contributed by atoms with Crippen LogP contribution in [0.2, 0.25) is 0 Å². The molecule has 0 saturated carbocycles. The minimum absolute atomic E-state index is 0.149. The highest BCUT2D eigenvalue weighted by molar-refractivity contribution is 5.39. The fourth-order valence-corrected chi connectivity index (χ4v) is 1.20. The second-order valence-electron chi connectivity index (χ2n) is 2.73. The Labute approximate surface area is 72.2 Å². The zero-order chi connectivity index (χ0) is 8.97. The molecule has 0 bridgehead atoms. The summed E-state index contributed by atoms with van der Waals surface area (Å²) in [7, 11) is 0. The third-order valence-corrected chi connectivity index (χ3v) is 1.89. The van der Waals surface area contributed by atoms with Gasteiger partial charge in [-0.05, 0) is 25.0 Å². The van der Waals surface area contributed by atoms with Crippen molar-refractivity contribution in [3.8, 4) is 0 Å². The summed E-state index contributed by atoms with van der Waals surface area (Å²) in [5.74, 6) is 0. The standard InChI is InChI=1S/C10H12O2/c1-8-5-3-4-6-10(8)9(2)12-7-11/h3-7,9H,1-2H3. The number of ether oxygens (including phenoxy) is 1. The minimum Gasteiger partial charge on any atom is -0.460 e. The van der Waals surface area contributed by atoms with Crippen LogP contribution in [0, 0.1) is 6.92 Å². The van der Waals surface area contributed by atoms with E-state index < -0.39 is 0 Å². The molecule has 1 rings (SSSR count). The van der Waals surface area contributed by atoms with Gasteiger partial charge in [-0.2, -0.15) is 0 Å². The van der Waals surface area contributed by atoms with Crippen molar-refractivity contribution < 1.29 is 9.53 Å². The summed E-state index contributed by atoms with van der Waals surface area (Å²) in [6.07, 6.45) is -0.149. The minimum atomic E-state index is -0.149. The molecule has 64 valence electrons. The molecule has 0 heterocycles. The number of hydrogen-bond acceptors (Lipinski definition) is 2. The van der Waals surface area contributed by atoms with Crippen molar-refractivity contribution in [2.24, 2.45) is 0 Å². The molecule has 2 nitrogen and oxygen atoms in total. The van der Waals surface area contributed by atoms with Gasteiger partial charge in [-0.3, -0.25) is 4.79 Å². The summed E-state index contributed by atoms with van der Waals surface area (Å²) >= 11 is 0. The molecule has 0 N–H and O–H groups in total. The molecular weight excluding hydrogens is 152 g/mol. The Morgan fingerprint density at radius 2 is 2.08 bits per heavy atom. The molecule has 1 aromatic carbocycles. The van der Waals surface area contributed by atoms with E-state index in [-0.39, 0.29) is 6.10 Å². The van der Waals surface area contributed by atoms with E-state index in [1.54, 1.807) is 0 Å². The van der Waals surface area contributed by atoms with Crippen molar-refractivity contribution in [1.82, 2.24) is 0 Å². The second kappa shape index (κ2) is 3.90. The first-order valence-corrected chi connectivity index (χ1v) is 3.90. The number of carbonyl (C=O) groups excluding carboxylic acids is 1. The number of aryl methyl sites for hydroxylation is 1. The van der Waals surface area contributed by atoms with Gasteiger partial charge >= 0.3 is 0 Å². The Hall–Kier alpha value is -1.31. The Balaban J connectivity index is 2.86. The van der Waals surface area contributed by atoms with Crippen molar-refractivity contribution in [2.75, 3.05) is 0 Å². The summed E-state index contributed by atoms with van der Waals surface area (Å²) < 4.78 is 4.83. The molecule has 0 aliphatic heterocycles. The lowest BCUT2D eigenvalue weighted by Crippen LogP contribution is -1.99. The van der Waals surface area contributed by atoms with E-state index in [1.165, 1.54) is 0 Å². The van der Waals surface area contributed by atoms with Gasteiger partial charge in [0, 0.05) is 0 Å². The highest BCUT2D eigenvalue weighted by Crippen LogP contribution is 2.18. The van der Waals surface area contributed by atoms with Crippen LogP contribution < -0.4 is 0 Å². The van der Waals surface area contributed by atoms with Crippen LogP contribution >= 0.6 is 0 Å². The molecule has 1 unspecified atom stereocenters. The number of hydrogen-bond donors (Lipinski definition) is 0. The molecule has 0 radical (unpaired) electrons. The molecule has 0 aromatic heterocycles. The van der Waals surface area contributed by atoms with Gasteiger partial charge in [-0.25, -0.2) is 0 Å². The Morgan fingerprint density at radius 3 is 2.67 bits per heavy atom. The first kappa shape index (κ1) is 8.78. The third kappa shape index (κ3) is 1.84. The fourth-order valence-electron chi connectivity index (χ4n) is 1.20. The molecule has 12 heavy (non-hydrogen) atoms. The van der Waals surface area contributed by atoms with E-state index >= 15 is 0 Å². The maximum Gasteiger partial charge on any atom is 0.293 e. The van der Waals surface area contributed by atoms with Gasteiger partial charge in [-0.15, -0.1) is 0 Å². The van der Waals surface area contributed by atoms with Crippen LogP contribution in [0.5, 0.6) is 0 Å². The van der Waals surface area contributed by atoms with Crippen LogP contribution in [-0.2, 0) is 9.53 Å². The first-order chi connectivity index (χ1) is 5.75. The van der Waals surface area contributed by atoms with E-state index in [4.69, 9.17) is 4.74 Å². The lowest BCUT2D eigenvalue weighted by Gasteiger charge is -2.11. The van der Waals surface area contributed by atoms with Gasteiger partial charge in [0.1, 0.15) is 6.10 Å². The predicted octanol–water partition coefficient (Wildman–Crippen LogP) is 2.23. The lowest BCUT2D eigenvalue weighted by molar-refractivity contribution is -0.133. The summed E-state index contributed by atoms with van der Waals surface area (Å²) in [6.45, 7) is 4.34. The van der Waals surface area contributed by atoms with Crippen molar-refractivity contribution in [1.29, 1.82) is 0 Å². The monoisotopic (exact) mass is 164 g/mol. The quantitative estimate of drug-likeness (QED) is 0.640. The predicted molar refractivity (Wildman–Crippen MR) is 46.7 cm³/mol. The normalized spacial score (nSPS) is 12.2. The summed E-state index contributed by atoms with van der Waals surface area (Å²) in [5.41, 5.74) is 2.21. The van der Waals surface area contributed by atoms with Crippen LogP contribution in [-0.4, -0.2) is 6.47 Å². The smallest absolute Gasteiger partial charge is 0.293 e. The largest absolute Gasteiger partial charge is 0.460 e. The molecule has 0 fully saturated rings. The van der Waals surface area contributed by atoms with Crippen LogP contribution in [0.3, 0.4) is 0 Å². The number of carbonyl (C=O) groups is 1. The third-order valence-electron chi connectivity index (χ3n) is 1.89. The fraction of sp³-hybridized carbons (Fsp3) is 0.300. The Morgan fingerprint density at radius 1 is 1.42 bits per heavy atom. The van der Waals surface area contributed by atoms with Gasteiger partial charge in [0.15, 0.2) is 0 Å². The van der Waals surface area contributed by atoms with Gasteiger partial charge in [0.2, 0.25) is 0 Å². The van der Waals surface area contributed by atoms with E-state index in [0.717, 1.165) is 11.1 Å². The summed E-state index contributed by atoms with van der Waals surface area (Å²) in [5, 5.41) is 0. The zero-order valence-electron chi connectivity index (χ0n) is 7.28. The van der Waals surface area contributed by atoms with Crippen molar-refractivity contribution in [3.63, 3.8) is 0 Å². The highest BCUT2D eigenvalue weighted by atomic mass is 16.5. The lowest BCUT2D eigenvalue weighted by atomic mass is 10.1. The maximum absolute atomic E-state index is 10.1. The van der Waals surface area contributed by atoms with E-state index in [0.29, 0.717) is 6.47 Å². The van der Waals surface area contributed by atoms with Gasteiger partial charge in [-0.1, -0.05) is 24.3 Å². The van der Waals surface area contributed by atoms with Crippen molar-refractivity contribution in [2.45, 2.75) is 20.0 Å². The van der Waals surface area contributed by atoms with Gasteiger partial charge in [0.05, 0.1) is 0 Å². The van der Waals surface area contributed by atoms with E-state index in [9.17, 15) is 4.79 Å². The molecule has 1 atom stereocenters. The van der Waals surface area contributed by atoms with Crippen molar-refractivity contribution >= 4 is 6.47 Å². The average molecular weight is 164 g/mol. The first-order valence-electron chi connectivity index (χ1n) is 3.90. The summed E-state index contributed by atoms with van der Waals surface area (Å²) in [6, 6.07) is 7.86. The van der Waals surface area contributed by atoms with Crippen LogP contribution in [0.25, 0.3) is 0 Å². The topological polar surface area (TPSA) is 26.3 Å². The second-order valence-corrected chi connectivity index (χ2v) is 2.73. The molecule has 0 spiro atoms. The SMILES string of the molecule is Cc1ccccc1C(C)OC=O. The number of benzene rings is 1. The molecule has 1 aromatic rings. The van der Waals surface area contributed by atoms with E-state index in [2.05, 4.69) is 0 Å². The van der Waals surface area contributed by atoms with Crippen molar-refractivity contribution in [3.05, 3.63) is 35.4 Å². The van der Waals surface area contributed by atoms with Crippen LogP contribution in [0.15, 0.2) is 24.3 Å². The molecular formula is C10H12O2. The van der Waals surface area contributed by atoms with Gasteiger partial charge in [0.25, 0.3) is 6.47 Å². The molecule has 0 aliphatic rings. The van der Waals surface area contributed by atoms with Crippen LogP contribution in [0.1, 0.15) is 24.2 Å². The molecule has 0 aliphatic carbocycles. The maximum atomic E-state index is 10.1.